The number of nitrogen functional groups attached to an aromatic ring is 1. The molecule has 2 heterocycles. The van der Waals surface area contributed by atoms with E-state index in [1.54, 1.807) is 0 Å². The second-order valence-electron chi connectivity index (χ2n) is 4.74. The zero-order valence-corrected chi connectivity index (χ0v) is 11.5. The molecule has 1 aliphatic heterocycles. The summed E-state index contributed by atoms with van der Waals surface area (Å²) < 4.78 is 0. The van der Waals surface area contributed by atoms with Gasteiger partial charge in [-0.15, -0.1) is 0 Å². The van der Waals surface area contributed by atoms with Crippen LogP contribution in [0.25, 0.3) is 0 Å². The highest BCUT2D eigenvalue weighted by atomic mass is 16.2. The molecule has 0 aromatic carbocycles. The van der Waals surface area contributed by atoms with Crippen LogP contribution in [0.1, 0.15) is 30.8 Å². The van der Waals surface area contributed by atoms with Crippen LogP contribution >= 0.6 is 0 Å². The number of rotatable bonds is 4. The molecule has 1 aromatic heterocycles. The summed E-state index contributed by atoms with van der Waals surface area (Å²) in [4.78, 5) is 24.5. The van der Waals surface area contributed by atoms with Gasteiger partial charge in [-0.3, -0.25) is 14.7 Å². The van der Waals surface area contributed by atoms with Crippen LogP contribution in [0, 0.1) is 0 Å². The topological polar surface area (TPSA) is 75.3 Å². The molecule has 0 radical (unpaired) electrons. The third-order valence-electron chi connectivity index (χ3n) is 3.65. The van der Waals surface area contributed by atoms with Crippen molar-refractivity contribution >= 4 is 11.7 Å². The van der Waals surface area contributed by atoms with Crippen molar-refractivity contribution in [1.82, 2.24) is 19.8 Å². The molecule has 0 spiro atoms. The number of hydrogen-bond donors (Lipinski definition) is 1. The molecule has 1 unspecified atom stereocenters. The van der Waals surface area contributed by atoms with Crippen LogP contribution in [0.2, 0.25) is 0 Å². The highest BCUT2D eigenvalue weighted by Crippen LogP contribution is 2.17. The van der Waals surface area contributed by atoms with Gasteiger partial charge in [0.1, 0.15) is 11.5 Å². The van der Waals surface area contributed by atoms with Gasteiger partial charge in [0.15, 0.2) is 0 Å². The van der Waals surface area contributed by atoms with Gasteiger partial charge in [0.2, 0.25) is 0 Å². The summed E-state index contributed by atoms with van der Waals surface area (Å²) in [6.45, 7) is 7.87. The molecule has 1 fully saturated rings. The van der Waals surface area contributed by atoms with Crippen LogP contribution in [-0.2, 0) is 0 Å². The first kappa shape index (κ1) is 13.7. The summed E-state index contributed by atoms with van der Waals surface area (Å²) in [5.74, 6) is 0.208. The van der Waals surface area contributed by atoms with E-state index < -0.39 is 0 Å². The van der Waals surface area contributed by atoms with E-state index in [9.17, 15) is 4.79 Å². The average molecular weight is 263 g/mol. The van der Waals surface area contributed by atoms with Gasteiger partial charge in [0, 0.05) is 19.1 Å². The van der Waals surface area contributed by atoms with Crippen molar-refractivity contribution in [2.75, 3.05) is 31.9 Å². The number of nitrogens with two attached hydrogens (primary N) is 1. The van der Waals surface area contributed by atoms with Crippen LogP contribution in [0.3, 0.4) is 0 Å². The molecule has 0 aliphatic carbocycles. The Balaban J connectivity index is 2.02. The molecule has 1 saturated heterocycles. The Morgan fingerprint density at radius 1 is 1.47 bits per heavy atom. The molecule has 1 amide bonds. The fraction of sp³-hybridized carbons (Fsp3) is 0.615. The third-order valence-corrected chi connectivity index (χ3v) is 3.65. The largest absolute Gasteiger partial charge is 0.382 e. The first-order valence-corrected chi connectivity index (χ1v) is 6.76. The van der Waals surface area contributed by atoms with E-state index in [1.807, 2.05) is 4.90 Å². The van der Waals surface area contributed by atoms with Crippen LogP contribution in [0.5, 0.6) is 0 Å². The molecule has 19 heavy (non-hydrogen) atoms. The number of carbonyl (C=O) groups is 1. The lowest BCUT2D eigenvalue weighted by atomic mass is 10.2. The smallest absolute Gasteiger partial charge is 0.274 e. The number of amides is 1. The summed E-state index contributed by atoms with van der Waals surface area (Å²) in [6.07, 6.45) is 3.94. The summed E-state index contributed by atoms with van der Waals surface area (Å²) in [5, 5.41) is 0. The van der Waals surface area contributed by atoms with Crippen molar-refractivity contribution in [1.29, 1.82) is 0 Å². The molecule has 0 bridgehead atoms. The van der Waals surface area contributed by atoms with Crippen molar-refractivity contribution in [3.8, 4) is 0 Å². The van der Waals surface area contributed by atoms with E-state index in [1.165, 1.54) is 12.4 Å². The Hall–Kier alpha value is -1.69. The molecular weight excluding hydrogens is 242 g/mol. The quantitative estimate of drug-likeness (QED) is 0.861. The molecule has 2 rings (SSSR count). The lowest BCUT2D eigenvalue weighted by Gasteiger charge is -2.26. The van der Waals surface area contributed by atoms with Gasteiger partial charge >= 0.3 is 0 Å². The van der Waals surface area contributed by atoms with E-state index in [2.05, 4.69) is 28.7 Å². The standard InChI is InChI=1S/C13H21N5O/c1-3-17(4-2)10-5-6-18(9-10)13(19)11-7-15-8-12(14)16-11/h7-8,10H,3-6,9H2,1-2H3,(H2,14,16). The van der Waals surface area contributed by atoms with Gasteiger partial charge in [0.25, 0.3) is 5.91 Å². The zero-order valence-electron chi connectivity index (χ0n) is 11.5. The molecule has 1 atom stereocenters. The van der Waals surface area contributed by atoms with Crippen molar-refractivity contribution in [2.24, 2.45) is 0 Å². The summed E-state index contributed by atoms with van der Waals surface area (Å²) in [5.41, 5.74) is 5.89. The van der Waals surface area contributed by atoms with Crippen molar-refractivity contribution in [3.05, 3.63) is 18.1 Å². The third kappa shape index (κ3) is 3.01. The minimum Gasteiger partial charge on any atom is -0.382 e. The summed E-state index contributed by atoms with van der Waals surface area (Å²) in [6, 6.07) is 0.452. The van der Waals surface area contributed by atoms with Crippen LogP contribution in [-0.4, -0.2) is 57.9 Å². The number of carbonyl (C=O) groups excluding carboxylic acids is 1. The fourth-order valence-electron chi connectivity index (χ4n) is 2.61. The lowest BCUT2D eigenvalue weighted by Crippen LogP contribution is -2.38. The molecule has 0 saturated carbocycles. The van der Waals surface area contributed by atoms with E-state index in [4.69, 9.17) is 5.73 Å². The molecule has 6 nitrogen and oxygen atoms in total. The van der Waals surface area contributed by atoms with Crippen LogP contribution in [0.4, 0.5) is 5.82 Å². The molecule has 104 valence electrons. The average Bonchev–Trinajstić information content (AvgIpc) is 2.89. The maximum Gasteiger partial charge on any atom is 0.274 e. The number of likely N-dealkylation sites (tertiary alicyclic amines) is 1. The zero-order chi connectivity index (χ0) is 13.8. The molecular formula is C13H21N5O. The van der Waals surface area contributed by atoms with Crippen molar-refractivity contribution in [2.45, 2.75) is 26.3 Å². The highest BCUT2D eigenvalue weighted by molar-refractivity contribution is 5.92. The number of hydrogen-bond acceptors (Lipinski definition) is 5. The maximum absolute atomic E-state index is 12.3. The first-order valence-electron chi connectivity index (χ1n) is 6.76. The second kappa shape index (κ2) is 5.97. The molecule has 1 aromatic rings. The van der Waals surface area contributed by atoms with Crippen molar-refractivity contribution < 1.29 is 4.79 Å². The highest BCUT2D eigenvalue weighted by Gasteiger charge is 2.30. The van der Waals surface area contributed by atoms with Gasteiger partial charge in [0.05, 0.1) is 12.4 Å². The minimum absolute atomic E-state index is 0.0746. The normalized spacial score (nSPS) is 19.1. The van der Waals surface area contributed by atoms with Gasteiger partial charge < -0.3 is 10.6 Å². The van der Waals surface area contributed by atoms with Gasteiger partial charge in [-0.25, -0.2) is 4.98 Å². The first-order chi connectivity index (χ1) is 9.15. The summed E-state index contributed by atoms with van der Waals surface area (Å²) >= 11 is 0. The van der Waals surface area contributed by atoms with E-state index in [0.717, 1.165) is 32.6 Å². The van der Waals surface area contributed by atoms with Gasteiger partial charge in [-0.2, -0.15) is 0 Å². The Morgan fingerprint density at radius 3 is 2.84 bits per heavy atom. The molecule has 1 aliphatic rings. The predicted octanol–water partition coefficient (Wildman–Crippen LogP) is 0.615. The van der Waals surface area contributed by atoms with Crippen molar-refractivity contribution in [3.63, 3.8) is 0 Å². The minimum atomic E-state index is -0.0746. The Labute approximate surface area is 113 Å². The Morgan fingerprint density at radius 2 is 2.21 bits per heavy atom. The van der Waals surface area contributed by atoms with E-state index in [0.29, 0.717) is 11.7 Å². The van der Waals surface area contributed by atoms with E-state index in [-0.39, 0.29) is 11.7 Å². The number of nitrogens with zero attached hydrogens (tertiary/aromatic N) is 4. The van der Waals surface area contributed by atoms with E-state index >= 15 is 0 Å². The second-order valence-corrected chi connectivity index (χ2v) is 4.74. The van der Waals surface area contributed by atoms with Crippen LogP contribution < -0.4 is 5.73 Å². The van der Waals surface area contributed by atoms with Crippen LogP contribution in [0.15, 0.2) is 12.4 Å². The fourth-order valence-corrected chi connectivity index (χ4v) is 2.61. The monoisotopic (exact) mass is 263 g/mol. The molecule has 6 heteroatoms. The summed E-state index contributed by atoms with van der Waals surface area (Å²) in [7, 11) is 0. The maximum atomic E-state index is 12.3. The Bertz CT molecular complexity index is 446. The Kier molecular flexibility index (Phi) is 4.31. The molecule has 2 N–H and O–H groups in total. The van der Waals surface area contributed by atoms with Gasteiger partial charge in [-0.05, 0) is 19.5 Å². The number of aromatic nitrogens is 2. The lowest BCUT2D eigenvalue weighted by molar-refractivity contribution is 0.0772. The number of anilines is 1. The predicted molar refractivity (Wildman–Crippen MR) is 73.7 cm³/mol. The number of likely N-dealkylation sites (N-methyl/N-ethyl adjacent to an activating group) is 1. The van der Waals surface area contributed by atoms with Gasteiger partial charge in [-0.1, -0.05) is 13.8 Å². The SMILES string of the molecule is CCN(CC)C1CCN(C(=O)c2cncc(N)n2)C1.